The van der Waals surface area contributed by atoms with E-state index in [1.54, 1.807) is 4.90 Å². The zero-order valence-electron chi connectivity index (χ0n) is 11.0. The Kier molecular flexibility index (Phi) is 4.07. The van der Waals surface area contributed by atoms with Crippen molar-refractivity contribution in [1.82, 2.24) is 10.2 Å². The van der Waals surface area contributed by atoms with Crippen molar-refractivity contribution in [1.29, 1.82) is 0 Å². The van der Waals surface area contributed by atoms with E-state index in [9.17, 15) is 18.0 Å². The Morgan fingerprint density at radius 2 is 2.10 bits per heavy atom. The van der Waals surface area contributed by atoms with Gasteiger partial charge in [-0.2, -0.15) is 0 Å². The number of aromatic nitrogens is 2. The Morgan fingerprint density at radius 1 is 1.38 bits per heavy atom. The van der Waals surface area contributed by atoms with Crippen molar-refractivity contribution in [2.24, 2.45) is 5.73 Å². The van der Waals surface area contributed by atoms with Crippen molar-refractivity contribution >= 4 is 27.5 Å². The molecule has 21 heavy (non-hydrogen) atoms. The Balaban J connectivity index is 2.26. The summed E-state index contributed by atoms with van der Waals surface area (Å²) in [5.74, 6) is -1.83. The summed E-state index contributed by atoms with van der Waals surface area (Å²) in [6.45, 7) is 0.130. The van der Waals surface area contributed by atoms with Gasteiger partial charge in [-0.15, -0.1) is 10.2 Å². The standard InChI is InChI=1S/C11H14N4O5S/c12-11(18)8-1-2-9(14-13-8)15-3-4-21(19,20)6-7(15)5-10(16)17/h1-2,7H,3-6H2,(H2,12,18)(H,16,17). The highest BCUT2D eigenvalue weighted by Gasteiger charge is 2.33. The van der Waals surface area contributed by atoms with Crippen LogP contribution in [0.25, 0.3) is 0 Å². The summed E-state index contributed by atoms with van der Waals surface area (Å²) in [4.78, 5) is 23.4. The fourth-order valence-electron chi connectivity index (χ4n) is 2.17. The molecular weight excluding hydrogens is 300 g/mol. The summed E-state index contributed by atoms with van der Waals surface area (Å²) in [7, 11) is -3.27. The largest absolute Gasteiger partial charge is 0.481 e. The first-order chi connectivity index (χ1) is 9.78. The Labute approximate surface area is 120 Å². The lowest BCUT2D eigenvalue weighted by Crippen LogP contribution is -2.50. The van der Waals surface area contributed by atoms with E-state index in [0.717, 1.165) is 0 Å². The molecule has 114 valence electrons. The molecule has 0 radical (unpaired) electrons. The fourth-order valence-corrected chi connectivity index (χ4v) is 3.69. The van der Waals surface area contributed by atoms with Crippen molar-refractivity contribution in [2.75, 3.05) is 23.0 Å². The van der Waals surface area contributed by atoms with Crippen LogP contribution >= 0.6 is 0 Å². The quantitative estimate of drug-likeness (QED) is 0.694. The summed E-state index contributed by atoms with van der Waals surface area (Å²) < 4.78 is 23.3. The number of carboxylic acid groups (broad SMARTS) is 1. The van der Waals surface area contributed by atoms with E-state index in [1.807, 2.05) is 0 Å². The number of nitrogens with two attached hydrogens (primary N) is 1. The highest BCUT2D eigenvalue weighted by molar-refractivity contribution is 7.91. The minimum Gasteiger partial charge on any atom is -0.481 e. The van der Waals surface area contributed by atoms with Crippen LogP contribution in [0, 0.1) is 0 Å². The van der Waals surface area contributed by atoms with Gasteiger partial charge in [0.05, 0.1) is 24.0 Å². The van der Waals surface area contributed by atoms with E-state index in [4.69, 9.17) is 10.8 Å². The first-order valence-electron chi connectivity index (χ1n) is 6.11. The van der Waals surface area contributed by atoms with Gasteiger partial charge in [0.25, 0.3) is 5.91 Å². The average molecular weight is 314 g/mol. The lowest BCUT2D eigenvalue weighted by Gasteiger charge is -2.35. The van der Waals surface area contributed by atoms with Crippen LogP contribution in [0.2, 0.25) is 0 Å². The first-order valence-corrected chi connectivity index (χ1v) is 7.93. The van der Waals surface area contributed by atoms with Crippen molar-refractivity contribution in [3.8, 4) is 0 Å². The number of carbonyl (C=O) groups excluding carboxylic acids is 1. The lowest BCUT2D eigenvalue weighted by molar-refractivity contribution is -0.137. The molecule has 1 atom stereocenters. The molecule has 0 spiro atoms. The molecule has 10 heteroatoms. The molecular formula is C11H14N4O5S. The summed E-state index contributed by atoms with van der Waals surface area (Å²) in [5.41, 5.74) is 5.04. The maximum absolute atomic E-state index is 11.6. The van der Waals surface area contributed by atoms with Crippen molar-refractivity contribution in [3.05, 3.63) is 17.8 Å². The SMILES string of the molecule is NC(=O)c1ccc(N2CCS(=O)(=O)CC2CC(=O)O)nn1. The zero-order chi connectivity index (χ0) is 15.6. The highest BCUT2D eigenvalue weighted by Crippen LogP contribution is 2.21. The molecule has 1 unspecified atom stereocenters. The molecule has 1 amide bonds. The highest BCUT2D eigenvalue weighted by atomic mass is 32.2. The number of rotatable bonds is 4. The molecule has 1 saturated heterocycles. The number of carbonyl (C=O) groups is 2. The van der Waals surface area contributed by atoms with Gasteiger partial charge in [0.15, 0.2) is 21.3 Å². The summed E-state index contributed by atoms with van der Waals surface area (Å²) >= 11 is 0. The summed E-state index contributed by atoms with van der Waals surface area (Å²) in [6.07, 6.45) is -0.321. The smallest absolute Gasteiger partial charge is 0.305 e. The first kappa shape index (κ1) is 15.2. The van der Waals surface area contributed by atoms with Crippen molar-refractivity contribution < 1.29 is 23.1 Å². The Bertz CT molecular complexity index is 658. The third-order valence-electron chi connectivity index (χ3n) is 3.14. The Hall–Kier alpha value is -2.23. The van der Waals surface area contributed by atoms with Crippen LogP contribution in [0.1, 0.15) is 16.9 Å². The normalized spacial score (nSPS) is 21.0. The summed E-state index contributed by atoms with van der Waals surface area (Å²) in [6, 6.07) is 2.13. The van der Waals surface area contributed by atoms with Crippen molar-refractivity contribution in [3.63, 3.8) is 0 Å². The maximum atomic E-state index is 11.6. The number of amides is 1. The van der Waals surface area contributed by atoms with E-state index in [-0.39, 0.29) is 30.2 Å². The number of carboxylic acids is 1. The maximum Gasteiger partial charge on any atom is 0.305 e. The molecule has 1 aliphatic rings. The van der Waals surface area contributed by atoms with Crippen LogP contribution < -0.4 is 10.6 Å². The topological polar surface area (TPSA) is 144 Å². The molecule has 2 rings (SSSR count). The minimum absolute atomic E-state index is 0.0156. The molecule has 1 aliphatic heterocycles. The van der Waals surface area contributed by atoms with Crippen LogP contribution in [0.5, 0.6) is 0 Å². The van der Waals surface area contributed by atoms with Crippen LogP contribution in [0.15, 0.2) is 12.1 Å². The molecule has 9 nitrogen and oxygen atoms in total. The average Bonchev–Trinajstić information content (AvgIpc) is 2.37. The minimum atomic E-state index is -3.27. The third-order valence-corrected chi connectivity index (χ3v) is 4.83. The second-order valence-corrected chi connectivity index (χ2v) is 6.93. The number of hydrogen-bond donors (Lipinski definition) is 2. The molecule has 1 fully saturated rings. The van der Waals surface area contributed by atoms with Gasteiger partial charge in [0, 0.05) is 6.54 Å². The molecule has 1 aromatic heterocycles. The predicted octanol–water partition coefficient (Wildman–Crippen LogP) is -1.35. The number of aliphatic carboxylic acids is 1. The van der Waals surface area contributed by atoms with E-state index in [2.05, 4.69) is 10.2 Å². The lowest BCUT2D eigenvalue weighted by atomic mass is 10.2. The zero-order valence-corrected chi connectivity index (χ0v) is 11.8. The van der Waals surface area contributed by atoms with Crippen molar-refractivity contribution in [2.45, 2.75) is 12.5 Å². The molecule has 0 aromatic carbocycles. The van der Waals surface area contributed by atoms with Gasteiger partial charge >= 0.3 is 5.97 Å². The number of sulfone groups is 1. The predicted molar refractivity (Wildman–Crippen MR) is 72.6 cm³/mol. The molecule has 0 bridgehead atoms. The van der Waals surface area contributed by atoms with Crippen LogP contribution in [0.4, 0.5) is 5.82 Å². The van der Waals surface area contributed by atoms with E-state index in [1.165, 1.54) is 12.1 Å². The van der Waals surface area contributed by atoms with Crippen LogP contribution in [0.3, 0.4) is 0 Å². The van der Waals surface area contributed by atoms with E-state index >= 15 is 0 Å². The monoisotopic (exact) mass is 314 g/mol. The number of anilines is 1. The van der Waals surface area contributed by atoms with Gasteiger partial charge in [-0.25, -0.2) is 8.42 Å². The Morgan fingerprint density at radius 3 is 2.62 bits per heavy atom. The van der Waals surface area contributed by atoms with Gasteiger partial charge in [-0.1, -0.05) is 0 Å². The number of primary amides is 1. The fraction of sp³-hybridized carbons (Fsp3) is 0.455. The van der Waals surface area contributed by atoms with Crippen LogP contribution in [-0.4, -0.2) is 59.7 Å². The van der Waals surface area contributed by atoms with Gasteiger partial charge < -0.3 is 15.7 Å². The van der Waals surface area contributed by atoms with E-state index < -0.39 is 27.8 Å². The molecule has 2 heterocycles. The van der Waals surface area contributed by atoms with Gasteiger partial charge in [-0.05, 0) is 12.1 Å². The summed E-state index contributed by atoms with van der Waals surface area (Å²) in [5, 5.41) is 16.4. The molecule has 3 N–H and O–H groups in total. The van der Waals surface area contributed by atoms with Gasteiger partial charge in [0.1, 0.15) is 0 Å². The van der Waals surface area contributed by atoms with E-state index in [0.29, 0.717) is 5.82 Å². The number of hydrogen-bond acceptors (Lipinski definition) is 7. The molecule has 1 aromatic rings. The molecule has 0 saturated carbocycles. The van der Waals surface area contributed by atoms with Gasteiger partial charge in [0.2, 0.25) is 0 Å². The van der Waals surface area contributed by atoms with Gasteiger partial charge in [-0.3, -0.25) is 9.59 Å². The second-order valence-electron chi connectivity index (χ2n) is 4.70. The third kappa shape index (κ3) is 3.66. The molecule has 0 aliphatic carbocycles. The second kappa shape index (κ2) is 5.64. The van der Waals surface area contributed by atoms with Crippen LogP contribution in [-0.2, 0) is 14.6 Å². The number of nitrogens with zero attached hydrogens (tertiary/aromatic N) is 3.